The van der Waals surface area contributed by atoms with Gasteiger partial charge in [0.05, 0.1) is 18.5 Å². The Morgan fingerprint density at radius 2 is 1.56 bits per heavy atom. The van der Waals surface area contributed by atoms with Gasteiger partial charge in [-0.25, -0.2) is 4.98 Å². The van der Waals surface area contributed by atoms with Gasteiger partial charge in [-0.05, 0) is 67.3 Å². The number of aryl methyl sites for hydroxylation is 3. The second-order valence-electron chi connectivity index (χ2n) is 8.95. The number of thiophene rings is 1. The summed E-state index contributed by atoms with van der Waals surface area (Å²) in [6, 6.07) is 24.1. The highest BCUT2D eigenvalue weighted by Gasteiger charge is 2.22. The Hall–Kier alpha value is -4.16. The molecular weight excluding hydrogens is 466 g/mol. The van der Waals surface area contributed by atoms with Crippen molar-refractivity contribution in [2.75, 3.05) is 18.2 Å². The number of hydrogen-bond donors (Lipinski definition) is 2. The predicted octanol–water partition coefficient (Wildman–Crippen LogP) is 7.40. The average molecular weight is 494 g/mol. The fraction of sp³-hybridized carbons (Fsp3) is 0.133. The lowest BCUT2D eigenvalue weighted by Gasteiger charge is -2.10. The Balaban J connectivity index is 1.67. The summed E-state index contributed by atoms with van der Waals surface area (Å²) in [7, 11) is 1.65. The van der Waals surface area contributed by atoms with Gasteiger partial charge in [-0.15, -0.1) is 11.3 Å². The number of pyridine rings is 1. The molecule has 5 nitrogen and oxygen atoms in total. The van der Waals surface area contributed by atoms with Crippen molar-refractivity contribution < 1.29 is 9.53 Å². The van der Waals surface area contributed by atoms with Crippen LogP contribution in [0.2, 0.25) is 0 Å². The molecule has 36 heavy (non-hydrogen) atoms. The molecule has 0 spiro atoms. The summed E-state index contributed by atoms with van der Waals surface area (Å²) in [5.74, 6) is 0.538. The summed E-state index contributed by atoms with van der Waals surface area (Å²) in [5, 5.41) is 3.83. The van der Waals surface area contributed by atoms with E-state index in [0.29, 0.717) is 10.6 Å². The van der Waals surface area contributed by atoms with E-state index in [1.165, 1.54) is 16.9 Å². The lowest BCUT2D eigenvalue weighted by atomic mass is 9.99. The van der Waals surface area contributed by atoms with Gasteiger partial charge in [0.15, 0.2) is 0 Å². The Labute approximate surface area is 214 Å². The monoisotopic (exact) mass is 493 g/mol. The number of nitrogens with zero attached hydrogens (tertiary/aromatic N) is 1. The summed E-state index contributed by atoms with van der Waals surface area (Å²) in [6.45, 7) is 6.03. The number of carbonyl (C=O) groups is 1. The molecule has 0 unspecified atom stereocenters. The molecule has 3 aromatic carbocycles. The Morgan fingerprint density at radius 3 is 2.25 bits per heavy atom. The Bertz CT molecular complexity index is 1590. The van der Waals surface area contributed by atoms with Gasteiger partial charge in [0, 0.05) is 16.6 Å². The van der Waals surface area contributed by atoms with Gasteiger partial charge in [0.1, 0.15) is 15.5 Å². The van der Waals surface area contributed by atoms with Crippen LogP contribution in [0.4, 0.5) is 11.4 Å². The molecule has 5 aromatic rings. The molecule has 0 saturated carbocycles. The highest BCUT2D eigenvalue weighted by atomic mass is 32.1. The van der Waals surface area contributed by atoms with Crippen molar-refractivity contribution in [3.8, 4) is 28.1 Å². The zero-order valence-electron chi connectivity index (χ0n) is 20.7. The van der Waals surface area contributed by atoms with Crippen molar-refractivity contribution in [2.24, 2.45) is 0 Å². The van der Waals surface area contributed by atoms with Gasteiger partial charge in [-0.1, -0.05) is 54.1 Å². The summed E-state index contributed by atoms with van der Waals surface area (Å²) in [5.41, 5.74) is 14.9. The molecule has 5 rings (SSSR count). The first kappa shape index (κ1) is 23.6. The maximum Gasteiger partial charge on any atom is 0.267 e. The molecule has 0 atom stereocenters. The van der Waals surface area contributed by atoms with Gasteiger partial charge in [0.2, 0.25) is 0 Å². The number of methoxy groups -OCH3 is 1. The minimum Gasteiger partial charge on any atom is -0.497 e. The van der Waals surface area contributed by atoms with Crippen molar-refractivity contribution in [3.63, 3.8) is 0 Å². The van der Waals surface area contributed by atoms with E-state index >= 15 is 0 Å². The predicted molar refractivity (Wildman–Crippen MR) is 150 cm³/mol. The number of amides is 1. The van der Waals surface area contributed by atoms with Crippen LogP contribution < -0.4 is 15.8 Å². The number of carbonyl (C=O) groups excluding carboxylic acids is 1. The van der Waals surface area contributed by atoms with Crippen LogP contribution in [0.25, 0.3) is 32.6 Å². The minimum atomic E-state index is -0.234. The lowest BCUT2D eigenvalue weighted by molar-refractivity contribution is 0.103. The first-order valence-corrected chi connectivity index (χ1v) is 12.5. The molecule has 0 saturated heterocycles. The van der Waals surface area contributed by atoms with Crippen LogP contribution in [-0.2, 0) is 0 Å². The third-order valence-corrected chi connectivity index (χ3v) is 7.39. The third kappa shape index (κ3) is 4.43. The number of rotatable bonds is 5. The van der Waals surface area contributed by atoms with Crippen molar-refractivity contribution in [3.05, 3.63) is 94.4 Å². The molecular formula is C30H27N3O2S. The summed E-state index contributed by atoms with van der Waals surface area (Å²) < 4.78 is 5.34. The van der Waals surface area contributed by atoms with Crippen LogP contribution in [0.15, 0.2) is 72.8 Å². The van der Waals surface area contributed by atoms with Crippen molar-refractivity contribution in [1.29, 1.82) is 0 Å². The highest BCUT2D eigenvalue weighted by molar-refractivity contribution is 7.21. The fourth-order valence-electron chi connectivity index (χ4n) is 4.21. The maximum atomic E-state index is 13.4. The molecule has 3 N–H and O–H groups in total. The number of benzene rings is 3. The standard InChI is InChI=1S/C30H27N3O2S/c1-17-6-9-21(10-7-17)25-16-23(20-11-13-22(35-4)14-12-20)26-27(31)28(36-30(26)33-25)29(34)32-24-15-18(2)5-8-19(24)3/h5-16H,31H2,1-4H3,(H,32,34). The van der Waals surface area contributed by atoms with Crippen LogP contribution in [0, 0.1) is 20.8 Å². The first-order chi connectivity index (χ1) is 17.3. The van der Waals surface area contributed by atoms with E-state index in [2.05, 4.69) is 36.5 Å². The molecule has 0 radical (unpaired) electrons. The molecule has 6 heteroatoms. The quantitative estimate of drug-likeness (QED) is 0.267. The molecule has 0 bridgehead atoms. The topological polar surface area (TPSA) is 77.2 Å². The van der Waals surface area contributed by atoms with Crippen LogP contribution in [0.5, 0.6) is 5.75 Å². The number of aromatic nitrogens is 1. The number of nitrogens with two attached hydrogens (primary N) is 1. The van der Waals surface area contributed by atoms with Gasteiger partial charge in [-0.3, -0.25) is 4.79 Å². The highest BCUT2D eigenvalue weighted by Crippen LogP contribution is 2.42. The zero-order chi connectivity index (χ0) is 25.4. The van der Waals surface area contributed by atoms with Crippen LogP contribution in [-0.4, -0.2) is 18.0 Å². The summed E-state index contributed by atoms with van der Waals surface area (Å²) in [6.07, 6.45) is 0. The SMILES string of the molecule is COc1ccc(-c2cc(-c3ccc(C)cc3)nc3sc(C(=O)Nc4cc(C)ccc4C)c(N)c23)cc1. The van der Waals surface area contributed by atoms with Crippen LogP contribution >= 0.6 is 11.3 Å². The van der Waals surface area contributed by atoms with Crippen LogP contribution in [0.1, 0.15) is 26.4 Å². The van der Waals surface area contributed by atoms with E-state index in [0.717, 1.165) is 55.2 Å². The normalized spacial score (nSPS) is 11.0. The Kier molecular flexibility index (Phi) is 6.20. The van der Waals surface area contributed by atoms with E-state index in [1.54, 1.807) is 7.11 Å². The lowest BCUT2D eigenvalue weighted by Crippen LogP contribution is -2.13. The molecule has 2 heterocycles. The van der Waals surface area contributed by atoms with Gasteiger partial charge in [0.25, 0.3) is 5.91 Å². The maximum absolute atomic E-state index is 13.4. The van der Waals surface area contributed by atoms with Crippen molar-refractivity contribution in [1.82, 2.24) is 4.98 Å². The largest absolute Gasteiger partial charge is 0.497 e. The second kappa shape index (κ2) is 9.47. The molecule has 0 fully saturated rings. The molecule has 1 amide bonds. The Morgan fingerprint density at radius 1 is 0.889 bits per heavy atom. The van der Waals surface area contributed by atoms with Crippen LogP contribution in [0.3, 0.4) is 0 Å². The van der Waals surface area contributed by atoms with Gasteiger partial charge in [-0.2, -0.15) is 0 Å². The number of nitrogen functional groups attached to an aromatic ring is 1. The van der Waals surface area contributed by atoms with Gasteiger partial charge < -0.3 is 15.8 Å². The molecule has 0 aliphatic heterocycles. The molecule has 2 aromatic heterocycles. The fourth-order valence-corrected chi connectivity index (χ4v) is 5.22. The minimum absolute atomic E-state index is 0.234. The molecule has 0 aliphatic carbocycles. The van der Waals surface area contributed by atoms with Crippen molar-refractivity contribution >= 4 is 38.8 Å². The van der Waals surface area contributed by atoms with Crippen molar-refractivity contribution in [2.45, 2.75) is 20.8 Å². The third-order valence-electron chi connectivity index (χ3n) is 6.29. The smallest absolute Gasteiger partial charge is 0.267 e. The summed E-state index contributed by atoms with van der Waals surface area (Å²) in [4.78, 5) is 19.5. The molecule has 180 valence electrons. The summed E-state index contributed by atoms with van der Waals surface area (Å²) >= 11 is 1.32. The average Bonchev–Trinajstić information content (AvgIpc) is 3.22. The number of hydrogen-bond acceptors (Lipinski definition) is 5. The number of anilines is 2. The van der Waals surface area contributed by atoms with E-state index in [4.69, 9.17) is 15.5 Å². The number of nitrogens with one attached hydrogen (secondary N) is 1. The van der Waals surface area contributed by atoms with E-state index < -0.39 is 0 Å². The first-order valence-electron chi connectivity index (χ1n) is 11.7. The van der Waals surface area contributed by atoms with Gasteiger partial charge >= 0.3 is 0 Å². The van der Waals surface area contributed by atoms with E-state index in [1.807, 2.05) is 62.4 Å². The molecule has 0 aliphatic rings. The zero-order valence-corrected chi connectivity index (χ0v) is 21.5. The number of ether oxygens (including phenoxy) is 1. The second-order valence-corrected chi connectivity index (χ2v) is 9.95. The van der Waals surface area contributed by atoms with E-state index in [9.17, 15) is 4.79 Å². The van der Waals surface area contributed by atoms with E-state index in [-0.39, 0.29) is 5.91 Å². The number of fused-ring (bicyclic) bond motifs is 1.